The number of hydrazone groups is 2. The molecule has 2 aromatic rings. The van der Waals surface area contributed by atoms with Crippen LogP contribution in [0.5, 0.6) is 5.75 Å². The van der Waals surface area contributed by atoms with Gasteiger partial charge in [0, 0.05) is 0 Å². The first-order valence-electron chi connectivity index (χ1n) is 11.8. The van der Waals surface area contributed by atoms with Crippen LogP contribution in [-0.2, 0) is 4.79 Å². The molecule has 0 aromatic heterocycles. The van der Waals surface area contributed by atoms with Gasteiger partial charge in [-0.1, -0.05) is 24.6 Å². The minimum Gasteiger partial charge on any atom is -0.505 e. The highest BCUT2D eigenvalue weighted by Gasteiger charge is 2.45. The van der Waals surface area contributed by atoms with Gasteiger partial charge in [-0.15, -0.1) is 0 Å². The molecule has 3 N–H and O–H groups in total. The smallest absolute Gasteiger partial charge is 0.414 e. The highest BCUT2D eigenvalue weighted by Crippen LogP contribution is 2.45. The molecule has 7 nitrogen and oxygen atoms in total. The molecule has 3 unspecified atom stereocenters. The first-order valence-corrected chi connectivity index (χ1v) is 11.8. The number of nitrogens with zero attached hydrogens (tertiary/aromatic N) is 3. The van der Waals surface area contributed by atoms with E-state index < -0.39 is 24.1 Å². The van der Waals surface area contributed by atoms with Crippen molar-refractivity contribution in [3.8, 4) is 5.75 Å². The Kier molecular flexibility index (Phi) is 7.08. The van der Waals surface area contributed by atoms with E-state index in [1.54, 1.807) is 31.2 Å². The van der Waals surface area contributed by atoms with Crippen LogP contribution in [0.4, 0.5) is 24.5 Å². The lowest BCUT2D eigenvalue weighted by Gasteiger charge is -2.33. The lowest BCUT2D eigenvalue weighted by Crippen LogP contribution is -2.38. The molecule has 10 heteroatoms. The Balaban J connectivity index is 1.52. The molecule has 0 radical (unpaired) electrons. The van der Waals surface area contributed by atoms with Gasteiger partial charge in [-0.3, -0.25) is 10.2 Å². The van der Waals surface area contributed by atoms with Gasteiger partial charge in [-0.2, -0.15) is 28.4 Å². The molecule has 0 bridgehead atoms. The second-order valence-corrected chi connectivity index (χ2v) is 9.50. The summed E-state index contributed by atoms with van der Waals surface area (Å²) in [7, 11) is 0. The number of carbonyl (C=O) groups is 1. The number of benzene rings is 2. The van der Waals surface area contributed by atoms with Crippen molar-refractivity contribution in [2.45, 2.75) is 64.7 Å². The van der Waals surface area contributed by atoms with E-state index in [9.17, 15) is 28.2 Å². The minimum absolute atomic E-state index is 0.0871. The van der Waals surface area contributed by atoms with Gasteiger partial charge >= 0.3 is 12.1 Å². The maximum Gasteiger partial charge on any atom is 0.414 e. The van der Waals surface area contributed by atoms with Crippen LogP contribution in [0, 0.1) is 19.8 Å². The van der Waals surface area contributed by atoms with Gasteiger partial charge in [0.05, 0.1) is 17.1 Å². The highest BCUT2D eigenvalue weighted by atomic mass is 19.4. The zero-order chi connectivity index (χ0) is 26.2. The van der Waals surface area contributed by atoms with Crippen LogP contribution >= 0.6 is 0 Å². The molecule has 1 saturated carbocycles. The number of hydrogen-bond donors (Lipinski definition) is 3. The van der Waals surface area contributed by atoms with Crippen LogP contribution in [-0.4, -0.2) is 39.8 Å². The van der Waals surface area contributed by atoms with Gasteiger partial charge in [0.15, 0.2) is 11.8 Å². The second-order valence-electron chi connectivity index (χ2n) is 9.50. The number of alkyl halides is 3. The van der Waals surface area contributed by atoms with E-state index in [-0.39, 0.29) is 35.9 Å². The number of phenols is 1. The Labute approximate surface area is 207 Å². The fourth-order valence-corrected chi connectivity index (χ4v) is 4.82. The van der Waals surface area contributed by atoms with E-state index >= 15 is 0 Å². The van der Waals surface area contributed by atoms with Crippen molar-refractivity contribution < 1.29 is 28.2 Å². The molecule has 192 valence electrons. The summed E-state index contributed by atoms with van der Waals surface area (Å²) in [5.41, 5.74) is 6.65. The van der Waals surface area contributed by atoms with E-state index in [0.29, 0.717) is 29.8 Å². The van der Waals surface area contributed by atoms with Crippen LogP contribution in [0.25, 0.3) is 0 Å². The fourth-order valence-electron chi connectivity index (χ4n) is 4.82. The van der Waals surface area contributed by atoms with Crippen LogP contribution in [0.3, 0.4) is 0 Å². The maximum atomic E-state index is 13.0. The first kappa shape index (κ1) is 25.7. The number of aliphatic hydroxyl groups is 1. The number of rotatable bonds is 5. The summed E-state index contributed by atoms with van der Waals surface area (Å²) in [4.78, 5) is 13.0. The largest absolute Gasteiger partial charge is 0.505 e. The number of amides is 1. The summed E-state index contributed by atoms with van der Waals surface area (Å²) in [5.74, 6) is -1.83. The van der Waals surface area contributed by atoms with E-state index in [1.165, 1.54) is 5.01 Å². The predicted octanol–water partition coefficient (Wildman–Crippen LogP) is 5.40. The number of aromatic hydroxyl groups is 1. The number of carbonyl (C=O) groups excluding carboxylic acids is 1. The number of aryl methyl sites for hydroxylation is 2. The molecular weight excluding hydrogens is 473 g/mol. The summed E-state index contributed by atoms with van der Waals surface area (Å²) in [5, 5.41) is 30.4. The molecule has 0 saturated heterocycles. The molecule has 2 aromatic carbocycles. The Morgan fingerprint density at radius 3 is 2.58 bits per heavy atom. The number of aliphatic hydroxyl groups excluding tert-OH is 1. The quantitative estimate of drug-likeness (QED) is 0.377. The number of nitrogens with one attached hydrogen (secondary N) is 1. The third-order valence-electron chi connectivity index (χ3n) is 7.01. The zero-order valence-corrected chi connectivity index (χ0v) is 20.3. The van der Waals surface area contributed by atoms with Gasteiger partial charge in [-0.05, 0) is 86.8 Å². The summed E-state index contributed by atoms with van der Waals surface area (Å²) in [6, 6.07) is 10.5. The van der Waals surface area contributed by atoms with E-state index in [1.807, 2.05) is 26.0 Å². The number of phenolic OH excluding ortho intramolecular Hbond substituents is 1. The topological polar surface area (TPSA) is 97.5 Å². The number of halogens is 3. The van der Waals surface area contributed by atoms with Crippen LogP contribution < -0.4 is 10.4 Å². The number of hydrogen-bond acceptors (Lipinski definition) is 6. The monoisotopic (exact) mass is 502 g/mol. The molecule has 1 fully saturated rings. The fraction of sp³-hybridized carbons (Fsp3) is 0.423. The third-order valence-corrected chi connectivity index (χ3v) is 7.01. The average molecular weight is 503 g/mol. The van der Waals surface area contributed by atoms with Crippen LogP contribution in [0.15, 0.2) is 46.6 Å². The highest BCUT2D eigenvalue weighted by molar-refractivity contribution is 6.71. The van der Waals surface area contributed by atoms with Crippen molar-refractivity contribution in [2.24, 2.45) is 16.1 Å². The molecule has 2 aliphatic rings. The van der Waals surface area contributed by atoms with Crippen LogP contribution in [0.1, 0.15) is 55.2 Å². The molecule has 1 aliphatic carbocycles. The lowest BCUT2D eigenvalue weighted by atomic mass is 9.75. The third kappa shape index (κ3) is 5.09. The average Bonchev–Trinajstić information content (AvgIpc) is 3.12. The Bertz CT molecular complexity index is 1230. The summed E-state index contributed by atoms with van der Waals surface area (Å²) >= 11 is 0. The molecule has 4 rings (SSSR count). The van der Waals surface area contributed by atoms with Gasteiger partial charge in [-0.25, -0.2) is 0 Å². The van der Waals surface area contributed by atoms with Crippen LogP contribution in [0.2, 0.25) is 0 Å². The van der Waals surface area contributed by atoms with E-state index in [0.717, 1.165) is 11.1 Å². The predicted molar refractivity (Wildman–Crippen MR) is 132 cm³/mol. The van der Waals surface area contributed by atoms with Crippen molar-refractivity contribution in [1.29, 1.82) is 0 Å². The van der Waals surface area contributed by atoms with Gasteiger partial charge < -0.3 is 10.2 Å². The van der Waals surface area contributed by atoms with Gasteiger partial charge in [0.25, 0.3) is 0 Å². The Morgan fingerprint density at radius 2 is 1.89 bits per heavy atom. The van der Waals surface area contributed by atoms with E-state index in [4.69, 9.17) is 0 Å². The first-order chi connectivity index (χ1) is 17.0. The van der Waals surface area contributed by atoms with Crippen molar-refractivity contribution in [1.82, 2.24) is 0 Å². The summed E-state index contributed by atoms with van der Waals surface area (Å²) in [6.07, 6.45) is -5.55. The van der Waals surface area contributed by atoms with Crippen molar-refractivity contribution in [3.05, 3.63) is 53.1 Å². The zero-order valence-electron chi connectivity index (χ0n) is 20.3. The van der Waals surface area contributed by atoms with E-state index in [2.05, 4.69) is 15.6 Å². The molecule has 36 heavy (non-hydrogen) atoms. The number of para-hydroxylation sites is 1. The normalized spacial score (nSPS) is 22.6. The second kappa shape index (κ2) is 9.93. The van der Waals surface area contributed by atoms with Gasteiger partial charge in [0.1, 0.15) is 5.75 Å². The molecular formula is C26H29F3N4O3. The Morgan fingerprint density at radius 1 is 1.14 bits per heavy atom. The minimum atomic E-state index is -4.67. The van der Waals surface area contributed by atoms with Crippen molar-refractivity contribution in [3.63, 3.8) is 0 Å². The summed E-state index contributed by atoms with van der Waals surface area (Å²) in [6.45, 7) is 5.58. The maximum absolute atomic E-state index is 13.0. The summed E-state index contributed by atoms with van der Waals surface area (Å²) < 4.78 is 39.1. The molecule has 1 aliphatic heterocycles. The Hall–Kier alpha value is -3.40. The molecule has 0 spiro atoms. The lowest BCUT2D eigenvalue weighted by molar-refractivity contribution is -0.222. The van der Waals surface area contributed by atoms with Crippen molar-refractivity contribution in [2.75, 3.05) is 10.4 Å². The number of anilines is 2. The molecule has 3 atom stereocenters. The molecule has 1 amide bonds. The SMILES string of the molecule is CC1=NN(c2ccc(C)c(C)c2)C(=O)C1=NNc1cccc(C2CCCC(C(O)C(F)(F)F)C2)c1O. The standard InChI is InChI=1S/C26H29F3N4O3/c1-14-10-11-19(12-15(14)2)33-25(36)22(16(3)32-33)31-30-21-9-5-8-20(23(21)34)17-6-4-7-18(13-17)24(35)26(27,28)29/h5,8-12,17-18,24,30,34-35H,4,6-7,13H2,1-3H3. The van der Waals surface area contributed by atoms with Gasteiger partial charge in [0.2, 0.25) is 0 Å². The van der Waals surface area contributed by atoms with Crippen molar-refractivity contribution >= 4 is 28.7 Å². The molecule has 1 heterocycles.